The molecule has 4 nitrogen and oxygen atoms in total. The Morgan fingerprint density at radius 2 is 2.30 bits per heavy atom. The topological polar surface area (TPSA) is 48.3 Å². The second-order valence-corrected chi connectivity index (χ2v) is 5.66. The van der Waals surface area contributed by atoms with Gasteiger partial charge in [0.1, 0.15) is 11.8 Å². The zero-order valence-corrected chi connectivity index (χ0v) is 12.5. The van der Waals surface area contributed by atoms with Crippen LogP contribution in [0.5, 0.6) is 5.75 Å². The number of hydrogen-bond donors (Lipinski definition) is 1. The van der Waals surface area contributed by atoms with Crippen molar-refractivity contribution in [2.24, 2.45) is 5.92 Å². The monoisotopic (exact) mass is 273 g/mol. The van der Waals surface area contributed by atoms with Crippen molar-refractivity contribution in [1.82, 2.24) is 10.2 Å². The van der Waals surface area contributed by atoms with Crippen molar-refractivity contribution in [2.45, 2.75) is 25.9 Å². The van der Waals surface area contributed by atoms with E-state index in [0.29, 0.717) is 23.3 Å². The maximum Gasteiger partial charge on any atom is 0.136 e. The van der Waals surface area contributed by atoms with Gasteiger partial charge in [-0.3, -0.25) is 0 Å². The van der Waals surface area contributed by atoms with Gasteiger partial charge in [-0.05, 0) is 43.6 Å². The highest BCUT2D eigenvalue weighted by molar-refractivity contribution is 5.45. The van der Waals surface area contributed by atoms with Gasteiger partial charge in [-0.2, -0.15) is 5.26 Å². The maximum absolute atomic E-state index is 9.11. The number of ether oxygens (including phenoxy) is 1. The van der Waals surface area contributed by atoms with E-state index >= 15 is 0 Å². The molecule has 2 unspecified atom stereocenters. The van der Waals surface area contributed by atoms with Gasteiger partial charge < -0.3 is 15.0 Å². The van der Waals surface area contributed by atoms with Gasteiger partial charge in [0.05, 0.1) is 12.7 Å². The van der Waals surface area contributed by atoms with Crippen molar-refractivity contribution in [3.63, 3.8) is 0 Å². The molecular weight excluding hydrogens is 250 g/mol. The van der Waals surface area contributed by atoms with Crippen LogP contribution in [0.2, 0.25) is 0 Å². The van der Waals surface area contributed by atoms with Crippen molar-refractivity contribution < 1.29 is 4.74 Å². The van der Waals surface area contributed by atoms with E-state index in [9.17, 15) is 0 Å². The summed E-state index contributed by atoms with van der Waals surface area (Å²) in [6.07, 6.45) is 1.18. The van der Waals surface area contributed by atoms with E-state index in [-0.39, 0.29) is 0 Å². The van der Waals surface area contributed by atoms with E-state index in [1.54, 1.807) is 7.11 Å². The summed E-state index contributed by atoms with van der Waals surface area (Å²) in [5.41, 5.74) is 1.73. The SMILES string of the molecule is COc1ccc(CNC2CCN(C)CC2C)cc1C#N. The van der Waals surface area contributed by atoms with Crippen LogP contribution in [-0.2, 0) is 6.54 Å². The lowest BCUT2D eigenvalue weighted by Gasteiger charge is -2.35. The molecule has 1 aromatic rings. The van der Waals surface area contributed by atoms with Gasteiger partial charge in [0.15, 0.2) is 0 Å². The number of piperidine rings is 1. The molecule has 20 heavy (non-hydrogen) atoms. The minimum absolute atomic E-state index is 0.554. The summed E-state index contributed by atoms with van der Waals surface area (Å²) in [6, 6.07) is 8.53. The molecule has 1 N–H and O–H groups in total. The molecule has 1 fully saturated rings. The standard InChI is InChI=1S/C16H23N3O/c1-12-11-19(2)7-6-15(12)18-10-13-4-5-16(20-3)14(8-13)9-17/h4-5,8,12,15,18H,6-7,10-11H2,1-3H3. The lowest BCUT2D eigenvalue weighted by Crippen LogP contribution is -2.46. The molecule has 1 aromatic carbocycles. The van der Waals surface area contributed by atoms with Crippen LogP contribution >= 0.6 is 0 Å². The largest absolute Gasteiger partial charge is 0.495 e. The van der Waals surface area contributed by atoms with Crippen molar-refractivity contribution in [2.75, 3.05) is 27.2 Å². The Morgan fingerprint density at radius 3 is 2.95 bits per heavy atom. The summed E-state index contributed by atoms with van der Waals surface area (Å²) in [7, 11) is 3.77. The predicted molar refractivity (Wildman–Crippen MR) is 79.6 cm³/mol. The van der Waals surface area contributed by atoms with Crippen molar-refractivity contribution in [1.29, 1.82) is 5.26 Å². The first-order valence-corrected chi connectivity index (χ1v) is 7.13. The Kier molecular flexibility index (Phi) is 4.99. The molecule has 1 heterocycles. The second-order valence-electron chi connectivity index (χ2n) is 5.66. The molecule has 1 aliphatic rings. The lowest BCUT2D eigenvalue weighted by atomic mass is 9.94. The highest BCUT2D eigenvalue weighted by Gasteiger charge is 2.23. The number of methoxy groups -OCH3 is 1. The minimum Gasteiger partial charge on any atom is -0.495 e. The summed E-state index contributed by atoms with van der Waals surface area (Å²) in [6.45, 7) is 5.39. The summed E-state index contributed by atoms with van der Waals surface area (Å²) >= 11 is 0. The van der Waals surface area contributed by atoms with E-state index in [4.69, 9.17) is 10.00 Å². The minimum atomic E-state index is 0.554. The van der Waals surface area contributed by atoms with Gasteiger partial charge in [0.2, 0.25) is 0 Å². The molecule has 0 saturated carbocycles. The van der Waals surface area contributed by atoms with E-state index in [1.165, 1.54) is 6.42 Å². The summed E-state index contributed by atoms with van der Waals surface area (Å²) in [4.78, 5) is 2.38. The fraction of sp³-hybridized carbons (Fsp3) is 0.562. The van der Waals surface area contributed by atoms with E-state index in [2.05, 4.69) is 30.3 Å². The highest BCUT2D eigenvalue weighted by Crippen LogP contribution is 2.20. The second kappa shape index (κ2) is 6.74. The summed E-state index contributed by atoms with van der Waals surface area (Å²) in [5, 5.41) is 12.7. The molecule has 1 aliphatic heterocycles. The van der Waals surface area contributed by atoms with Crippen LogP contribution in [-0.4, -0.2) is 38.2 Å². The quantitative estimate of drug-likeness (QED) is 0.911. The van der Waals surface area contributed by atoms with Crippen LogP contribution in [0.4, 0.5) is 0 Å². The van der Waals surface area contributed by atoms with E-state index < -0.39 is 0 Å². The molecule has 0 bridgehead atoms. The number of nitrogens with one attached hydrogen (secondary N) is 1. The van der Waals surface area contributed by atoms with Crippen molar-refractivity contribution in [3.05, 3.63) is 29.3 Å². The third-order valence-corrected chi connectivity index (χ3v) is 4.06. The average Bonchev–Trinajstić information content (AvgIpc) is 2.46. The maximum atomic E-state index is 9.11. The van der Waals surface area contributed by atoms with Crippen LogP contribution in [0.25, 0.3) is 0 Å². The molecule has 2 atom stereocenters. The Bertz CT molecular complexity index is 495. The molecule has 0 amide bonds. The molecule has 0 spiro atoms. The van der Waals surface area contributed by atoms with Gasteiger partial charge in [0, 0.05) is 19.1 Å². The Labute approximate surface area is 121 Å². The molecular formula is C16H23N3O. The molecule has 0 aromatic heterocycles. The fourth-order valence-electron chi connectivity index (χ4n) is 2.86. The normalized spacial score (nSPS) is 23.3. The molecule has 1 saturated heterocycles. The van der Waals surface area contributed by atoms with Crippen LogP contribution < -0.4 is 10.1 Å². The molecule has 0 radical (unpaired) electrons. The van der Waals surface area contributed by atoms with Gasteiger partial charge in [-0.25, -0.2) is 0 Å². The number of benzene rings is 1. The smallest absolute Gasteiger partial charge is 0.136 e. The Morgan fingerprint density at radius 1 is 1.50 bits per heavy atom. The van der Waals surface area contributed by atoms with Gasteiger partial charge in [-0.1, -0.05) is 13.0 Å². The zero-order chi connectivity index (χ0) is 14.5. The molecule has 2 rings (SSSR count). The Balaban J connectivity index is 1.96. The molecule has 0 aliphatic carbocycles. The number of hydrogen-bond acceptors (Lipinski definition) is 4. The highest BCUT2D eigenvalue weighted by atomic mass is 16.5. The average molecular weight is 273 g/mol. The van der Waals surface area contributed by atoms with Gasteiger partial charge >= 0.3 is 0 Å². The van der Waals surface area contributed by atoms with Gasteiger partial charge in [0.25, 0.3) is 0 Å². The molecule has 4 heteroatoms. The first-order chi connectivity index (χ1) is 9.63. The lowest BCUT2D eigenvalue weighted by molar-refractivity contribution is 0.174. The van der Waals surface area contributed by atoms with Crippen molar-refractivity contribution in [3.8, 4) is 11.8 Å². The predicted octanol–water partition coefficient (Wildman–Crippen LogP) is 2.00. The van der Waals surface area contributed by atoms with E-state index in [0.717, 1.165) is 25.2 Å². The zero-order valence-electron chi connectivity index (χ0n) is 12.5. The number of rotatable bonds is 4. The third-order valence-electron chi connectivity index (χ3n) is 4.06. The van der Waals surface area contributed by atoms with Gasteiger partial charge in [-0.15, -0.1) is 0 Å². The van der Waals surface area contributed by atoms with Crippen LogP contribution in [0, 0.1) is 17.2 Å². The summed E-state index contributed by atoms with van der Waals surface area (Å²) in [5.74, 6) is 1.30. The Hall–Kier alpha value is -1.57. The van der Waals surface area contributed by atoms with E-state index in [1.807, 2.05) is 18.2 Å². The fourth-order valence-corrected chi connectivity index (χ4v) is 2.86. The third kappa shape index (κ3) is 3.50. The van der Waals surface area contributed by atoms with Crippen LogP contribution in [0.1, 0.15) is 24.5 Å². The number of nitriles is 1. The first kappa shape index (κ1) is 14.8. The first-order valence-electron chi connectivity index (χ1n) is 7.13. The van der Waals surface area contributed by atoms with Crippen LogP contribution in [0.15, 0.2) is 18.2 Å². The van der Waals surface area contributed by atoms with Crippen LogP contribution in [0.3, 0.4) is 0 Å². The van der Waals surface area contributed by atoms with Crippen molar-refractivity contribution >= 4 is 0 Å². The number of nitrogens with zero attached hydrogens (tertiary/aromatic N) is 2. The number of likely N-dealkylation sites (tertiary alicyclic amines) is 1. The summed E-state index contributed by atoms with van der Waals surface area (Å²) < 4.78 is 5.17. The molecule has 108 valence electrons.